The minimum absolute atomic E-state index is 0.0459. The fourth-order valence-corrected chi connectivity index (χ4v) is 2.34. The van der Waals surface area contributed by atoms with Crippen LogP contribution in [0.2, 0.25) is 0 Å². The Bertz CT molecular complexity index is 561. The Balaban J connectivity index is 3.63. The van der Waals surface area contributed by atoms with Gasteiger partial charge in [0, 0.05) is 16.7 Å². The van der Waals surface area contributed by atoms with Gasteiger partial charge in [-0.3, -0.25) is 0 Å². The minimum Gasteiger partial charge on any atom is -0.495 e. The quantitative estimate of drug-likeness (QED) is 0.616. The zero-order valence-corrected chi connectivity index (χ0v) is 11.0. The Kier molecular flexibility index (Phi) is 4.21. The lowest BCUT2D eigenvalue weighted by Gasteiger charge is -2.09. The number of ether oxygens (including phenoxy) is 2. The van der Waals surface area contributed by atoms with Crippen molar-refractivity contribution in [1.82, 2.24) is 4.98 Å². The summed E-state index contributed by atoms with van der Waals surface area (Å²) >= 11 is 0. The number of nitrogens with zero attached hydrogens (tertiary/aromatic N) is 1. The van der Waals surface area contributed by atoms with Crippen LogP contribution in [0.5, 0.6) is 11.6 Å². The molecule has 0 radical (unpaired) electrons. The van der Waals surface area contributed by atoms with E-state index in [1.807, 2.05) is 0 Å². The molecule has 0 bridgehead atoms. The molecule has 0 atom stereocenters. The normalized spacial score (nSPS) is 10.4. The Hall–Kier alpha value is -1.45. The van der Waals surface area contributed by atoms with Crippen molar-refractivity contribution < 1.29 is 17.9 Å². The highest BCUT2D eigenvalue weighted by molar-refractivity contribution is 8.13. The predicted octanol–water partition coefficient (Wildman–Crippen LogP) is 1.40. The summed E-state index contributed by atoms with van der Waals surface area (Å²) in [5.41, 5.74) is 0.338. The number of pyridine rings is 1. The van der Waals surface area contributed by atoms with Crippen molar-refractivity contribution in [2.24, 2.45) is 0 Å². The van der Waals surface area contributed by atoms with Gasteiger partial charge >= 0.3 is 0 Å². The van der Waals surface area contributed by atoms with Gasteiger partial charge in [-0.1, -0.05) is 5.92 Å². The molecule has 0 spiro atoms. The molecular formula is C10H10ClNO4S. The van der Waals surface area contributed by atoms with E-state index in [1.54, 1.807) is 6.92 Å². The zero-order chi connectivity index (χ0) is 13.1. The lowest BCUT2D eigenvalue weighted by molar-refractivity contribution is 0.361. The van der Waals surface area contributed by atoms with Gasteiger partial charge in [0.2, 0.25) is 5.88 Å². The van der Waals surface area contributed by atoms with Crippen LogP contribution in [0.3, 0.4) is 0 Å². The molecule has 0 aliphatic heterocycles. The molecule has 0 aromatic carbocycles. The Labute approximate surface area is 104 Å². The van der Waals surface area contributed by atoms with Crippen LogP contribution in [-0.4, -0.2) is 27.6 Å². The van der Waals surface area contributed by atoms with Crippen molar-refractivity contribution in [3.63, 3.8) is 0 Å². The molecule has 1 heterocycles. The molecule has 7 heteroatoms. The highest BCUT2D eigenvalue weighted by atomic mass is 35.7. The Morgan fingerprint density at radius 3 is 2.41 bits per heavy atom. The predicted molar refractivity (Wildman–Crippen MR) is 62.9 cm³/mol. The van der Waals surface area contributed by atoms with E-state index < -0.39 is 9.05 Å². The molecule has 92 valence electrons. The third kappa shape index (κ3) is 3.02. The number of hydrogen-bond acceptors (Lipinski definition) is 5. The summed E-state index contributed by atoms with van der Waals surface area (Å²) in [6.45, 7) is 1.63. The van der Waals surface area contributed by atoms with E-state index in [4.69, 9.17) is 20.2 Å². The monoisotopic (exact) mass is 275 g/mol. The number of aromatic nitrogens is 1. The van der Waals surface area contributed by atoms with Crippen LogP contribution < -0.4 is 9.47 Å². The number of rotatable bonds is 3. The molecule has 0 amide bonds. The molecule has 5 nitrogen and oxygen atoms in total. The molecule has 0 saturated heterocycles. The molecule has 17 heavy (non-hydrogen) atoms. The summed E-state index contributed by atoms with van der Waals surface area (Å²) < 4.78 is 32.6. The van der Waals surface area contributed by atoms with Gasteiger partial charge in [0.05, 0.1) is 14.2 Å². The van der Waals surface area contributed by atoms with Crippen molar-refractivity contribution in [3.8, 4) is 23.5 Å². The second-order valence-electron chi connectivity index (χ2n) is 2.86. The third-order valence-electron chi connectivity index (χ3n) is 1.82. The first-order valence-electron chi connectivity index (χ1n) is 4.44. The number of hydrogen-bond donors (Lipinski definition) is 0. The molecule has 0 aliphatic rings. The second-order valence-corrected chi connectivity index (χ2v) is 5.36. The van der Waals surface area contributed by atoms with Crippen LogP contribution in [0.4, 0.5) is 0 Å². The smallest absolute Gasteiger partial charge is 0.270 e. The molecule has 1 aromatic rings. The maximum atomic E-state index is 11.4. The molecule has 0 fully saturated rings. The van der Waals surface area contributed by atoms with Gasteiger partial charge < -0.3 is 9.47 Å². The minimum atomic E-state index is -4.01. The van der Waals surface area contributed by atoms with E-state index in [0.717, 1.165) is 0 Å². The van der Waals surface area contributed by atoms with Crippen LogP contribution in [0.25, 0.3) is 0 Å². The Morgan fingerprint density at radius 2 is 2.00 bits per heavy atom. The largest absolute Gasteiger partial charge is 0.495 e. The average molecular weight is 276 g/mol. The van der Waals surface area contributed by atoms with Crippen molar-refractivity contribution in [1.29, 1.82) is 0 Å². The first-order chi connectivity index (χ1) is 7.93. The van der Waals surface area contributed by atoms with E-state index in [0.29, 0.717) is 5.69 Å². The molecule has 0 N–H and O–H groups in total. The van der Waals surface area contributed by atoms with Crippen LogP contribution in [0.15, 0.2) is 11.0 Å². The van der Waals surface area contributed by atoms with Gasteiger partial charge in [-0.2, -0.15) is 0 Å². The topological polar surface area (TPSA) is 65.5 Å². The number of methoxy groups -OCH3 is 2. The number of halogens is 1. The molecule has 0 saturated carbocycles. The summed E-state index contributed by atoms with van der Waals surface area (Å²) in [6.07, 6.45) is 0. The zero-order valence-electron chi connectivity index (χ0n) is 9.44. The summed E-state index contributed by atoms with van der Waals surface area (Å²) in [4.78, 5) is 3.62. The third-order valence-corrected chi connectivity index (χ3v) is 3.14. The molecule has 1 aromatic heterocycles. The van der Waals surface area contributed by atoms with E-state index in [-0.39, 0.29) is 16.5 Å². The SMILES string of the molecule is CC#Cc1cc(OC)c(S(=O)(=O)Cl)c(OC)n1. The fraction of sp³-hybridized carbons (Fsp3) is 0.300. The van der Waals surface area contributed by atoms with Crippen molar-refractivity contribution in [2.45, 2.75) is 11.8 Å². The summed E-state index contributed by atoms with van der Waals surface area (Å²) in [7, 11) is 3.89. The highest BCUT2D eigenvalue weighted by Gasteiger charge is 2.25. The van der Waals surface area contributed by atoms with Crippen LogP contribution in [0.1, 0.15) is 12.6 Å². The van der Waals surface area contributed by atoms with Gasteiger partial charge in [-0.25, -0.2) is 13.4 Å². The maximum Gasteiger partial charge on any atom is 0.270 e. The van der Waals surface area contributed by atoms with Crippen LogP contribution >= 0.6 is 10.7 Å². The van der Waals surface area contributed by atoms with E-state index in [1.165, 1.54) is 20.3 Å². The molecular weight excluding hydrogens is 266 g/mol. The molecule has 0 unspecified atom stereocenters. The lowest BCUT2D eigenvalue weighted by atomic mass is 10.3. The fourth-order valence-electron chi connectivity index (χ4n) is 1.19. The van der Waals surface area contributed by atoms with Gasteiger partial charge in [0.1, 0.15) is 11.4 Å². The molecule has 1 rings (SSSR count). The highest BCUT2D eigenvalue weighted by Crippen LogP contribution is 2.34. The van der Waals surface area contributed by atoms with E-state index in [2.05, 4.69) is 16.8 Å². The Morgan fingerprint density at radius 1 is 1.35 bits per heavy atom. The van der Waals surface area contributed by atoms with Gasteiger partial charge in [-0.05, 0) is 12.8 Å². The second kappa shape index (κ2) is 5.25. The first-order valence-corrected chi connectivity index (χ1v) is 6.75. The summed E-state index contributed by atoms with van der Waals surface area (Å²) in [6, 6.07) is 1.38. The van der Waals surface area contributed by atoms with Gasteiger partial charge in [0.25, 0.3) is 9.05 Å². The van der Waals surface area contributed by atoms with Crippen LogP contribution in [0, 0.1) is 11.8 Å². The van der Waals surface area contributed by atoms with E-state index >= 15 is 0 Å². The standard InChI is InChI=1S/C10H10ClNO4S/c1-4-5-7-6-8(15-2)9(17(11,13)14)10(12-7)16-3/h6H,1-3H3. The first kappa shape index (κ1) is 13.6. The maximum absolute atomic E-state index is 11.4. The lowest BCUT2D eigenvalue weighted by Crippen LogP contribution is -2.03. The van der Waals surface area contributed by atoms with Gasteiger partial charge in [-0.15, -0.1) is 0 Å². The molecule has 0 aliphatic carbocycles. The van der Waals surface area contributed by atoms with E-state index in [9.17, 15) is 8.42 Å². The summed E-state index contributed by atoms with van der Waals surface area (Å²) in [5, 5.41) is 0. The van der Waals surface area contributed by atoms with Gasteiger partial charge in [0.15, 0.2) is 4.90 Å². The van der Waals surface area contributed by atoms with Crippen molar-refractivity contribution in [2.75, 3.05) is 14.2 Å². The van der Waals surface area contributed by atoms with Crippen molar-refractivity contribution in [3.05, 3.63) is 11.8 Å². The van der Waals surface area contributed by atoms with Crippen LogP contribution in [-0.2, 0) is 9.05 Å². The summed E-state index contributed by atoms with van der Waals surface area (Å²) in [5.74, 6) is 5.22. The average Bonchev–Trinajstić information content (AvgIpc) is 2.26. The van der Waals surface area contributed by atoms with Crippen molar-refractivity contribution >= 4 is 19.7 Å².